The lowest BCUT2D eigenvalue weighted by atomic mass is 10.1. The molecule has 192 valence electrons. The van der Waals surface area contributed by atoms with Crippen LogP contribution >= 0.6 is 0 Å². The normalized spacial score (nSPS) is 14.5. The van der Waals surface area contributed by atoms with Gasteiger partial charge in [0.2, 0.25) is 11.8 Å². The Labute approximate surface area is 208 Å². The van der Waals surface area contributed by atoms with Gasteiger partial charge in [0.1, 0.15) is 12.4 Å². The summed E-state index contributed by atoms with van der Waals surface area (Å²) in [6.07, 6.45) is 4.44. The standard InChI is InChI=1S/C26H38N4O5/c1-17(2)32-15-7-8-21-9-10-23(20(6)29-21)35-25-19(5)24(27-16-28-25)34-22-11-13-30(14-12-22)26(31)33-18(3)4/h9-10,16-18,22H,7-8,11-15H2,1-6H3. The molecule has 0 aliphatic carbocycles. The zero-order chi connectivity index (χ0) is 25.4. The molecule has 1 saturated heterocycles. The number of aryl methyl sites for hydroxylation is 2. The van der Waals surface area contributed by atoms with Crippen LogP contribution in [0, 0.1) is 13.8 Å². The van der Waals surface area contributed by atoms with E-state index >= 15 is 0 Å². The highest BCUT2D eigenvalue weighted by Crippen LogP contribution is 2.30. The van der Waals surface area contributed by atoms with E-state index in [0.717, 1.165) is 36.4 Å². The van der Waals surface area contributed by atoms with Gasteiger partial charge in [-0.2, -0.15) is 0 Å². The molecule has 0 bridgehead atoms. The van der Waals surface area contributed by atoms with E-state index < -0.39 is 0 Å². The van der Waals surface area contributed by atoms with Crippen LogP contribution in [0.3, 0.4) is 0 Å². The van der Waals surface area contributed by atoms with Crippen molar-refractivity contribution in [3.05, 3.63) is 35.4 Å². The Morgan fingerprint density at radius 2 is 1.77 bits per heavy atom. The molecule has 35 heavy (non-hydrogen) atoms. The predicted molar refractivity (Wildman–Crippen MR) is 132 cm³/mol. The molecule has 3 heterocycles. The van der Waals surface area contributed by atoms with Gasteiger partial charge in [-0.15, -0.1) is 0 Å². The number of hydrogen-bond acceptors (Lipinski definition) is 8. The molecule has 0 unspecified atom stereocenters. The molecule has 0 saturated carbocycles. The summed E-state index contributed by atoms with van der Waals surface area (Å²) in [6, 6.07) is 3.90. The van der Waals surface area contributed by atoms with Crippen LogP contribution in [-0.2, 0) is 15.9 Å². The van der Waals surface area contributed by atoms with Crippen LogP contribution in [0.5, 0.6) is 17.5 Å². The Morgan fingerprint density at radius 3 is 2.43 bits per heavy atom. The minimum atomic E-state index is -0.272. The molecule has 3 rings (SSSR count). The molecule has 2 aromatic rings. The summed E-state index contributed by atoms with van der Waals surface area (Å²) in [4.78, 5) is 27.1. The minimum Gasteiger partial charge on any atom is -0.474 e. The minimum absolute atomic E-state index is 0.0399. The summed E-state index contributed by atoms with van der Waals surface area (Å²) < 4.78 is 23.1. The summed E-state index contributed by atoms with van der Waals surface area (Å²) in [6.45, 7) is 13.5. The number of ether oxygens (including phenoxy) is 4. The third-order valence-electron chi connectivity index (χ3n) is 5.64. The van der Waals surface area contributed by atoms with E-state index in [4.69, 9.17) is 18.9 Å². The highest BCUT2D eigenvalue weighted by atomic mass is 16.6. The number of pyridine rings is 1. The molecule has 9 heteroatoms. The van der Waals surface area contributed by atoms with Gasteiger partial charge in [0.05, 0.1) is 23.5 Å². The number of aromatic nitrogens is 3. The van der Waals surface area contributed by atoms with E-state index in [0.29, 0.717) is 43.4 Å². The number of piperidine rings is 1. The number of carbonyl (C=O) groups excluding carboxylic acids is 1. The lowest BCUT2D eigenvalue weighted by Crippen LogP contribution is -2.42. The van der Waals surface area contributed by atoms with Crippen molar-refractivity contribution in [2.45, 2.75) is 85.5 Å². The van der Waals surface area contributed by atoms with Crippen LogP contribution in [0.15, 0.2) is 18.5 Å². The van der Waals surface area contributed by atoms with Crippen LogP contribution in [0.1, 0.15) is 63.9 Å². The SMILES string of the molecule is Cc1nc(CCCOC(C)C)ccc1Oc1ncnc(OC2CCN(C(=O)OC(C)C)CC2)c1C. The van der Waals surface area contributed by atoms with Crippen molar-refractivity contribution in [3.8, 4) is 17.5 Å². The highest BCUT2D eigenvalue weighted by molar-refractivity contribution is 5.67. The first-order chi connectivity index (χ1) is 16.7. The first kappa shape index (κ1) is 26.7. The van der Waals surface area contributed by atoms with Gasteiger partial charge < -0.3 is 23.8 Å². The highest BCUT2D eigenvalue weighted by Gasteiger charge is 2.26. The predicted octanol–water partition coefficient (Wildman–Crippen LogP) is 5.03. The maximum atomic E-state index is 12.1. The van der Waals surface area contributed by atoms with Crippen LogP contribution in [0.4, 0.5) is 4.79 Å². The molecular weight excluding hydrogens is 448 g/mol. The first-order valence-corrected chi connectivity index (χ1v) is 12.4. The first-order valence-electron chi connectivity index (χ1n) is 12.4. The Bertz CT molecular complexity index is 974. The lowest BCUT2D eigenvalue weighted by Gasteiger charge is -2.31. The number of rotatable bonds is 10. The number of carbonyl (C=O) groups is 1. The van der Waals surface area contributed by atoms with Crippen molar-refractivity contribution in [2.24, 2.45) is 0 Å². The van der Waals surface area contributed by atoms with Crippen LogP contribution in [0.25, 0.3) is 0 Å². The second kappa shape index (κ2) is 12.7. The summed E-state index contributed by atoms with van der Waals surface area (Å²) in [5, 5.41) is 0. The summed E-state index contributed by atoms with van der Waals surface area (Å²) >= 11 is 0. The van der Waals surface area contributed by atoms with Crippen LogP contribution < -0.4 is 9.47 Å². The molecule has 0 radical (unpaired) electrons. The summed E-state index contributed by atoms with van der Waals surface area (Å²) in [5.41, 5.74) is 2.53. The van der Waals surface area contributed by atoms with E-state index in [9.17, 15) is 4.79 Å². The molecule has 1 fully saturated rings. The molecule has 1 aliphatic rings. The zero-order valence-electron chi connectivity index (χ0n) is 21.7. The van der Waals surface area contributed by atoms with E-state index in [-0.39, 0.29) is 24.4 Å². The maximum absolute atomic E-state index is 12.1. The van der Waals surface area contributed by atoms with Gasteiger partial charge in [0, 0.05) is 38.2 Å². The Morgan fingerprint density at radius 1 is 1.06 bits per heavy atom. The average Bonchev–Trinajstić information content (AvgIpc) is 2.80. The number of likely N-dealkylation sites (tertiary alicyclic amines) is 1. The molecule has 9 nitrogen and oxygen atoms in total. The molecule has 0 aromatic carbocycles. The van der Waals surface area contributed by atoms with Crippen molar-refractivity contribution in [2.75, 3.05) is 19.7 Å². The van der Waals surface area contributed by atoms with Crippen molar-refractivity contribution in [1.82, 2.24) is 19.9 Å². The second-order valence-electron chi connectivity index (χ2n) is 9.36. The van der Waals surface area contributed by atoms with Gasteiger partial charge in [-0.1, -0.05) is 0 Å². The van der Waals surface area contributed by atoms with Gasteiger partial charge in [-0.25, -0.2) is 14.8 Å². The molecule has 1 amide bonds. The van der Waals surface area contributed by atoms with Crippen molar-refractivity contribution in [3.63, 3.8) is 0 Å². The quantitative estimate of drug-likeness (QED) is 0.432. The Kier molecular flexibility index (Phi) is 9.65. The van der Waals surface area contributed by atoms with Gasteiger partial charge >= 0.3 is 6.09 Å². The smallest absolute Gasteiger partial charge is 0.410 e. The molecule has 2 aromatic heterocycles. The monoisotopic (exact) mass is 486 g/mol. The number of nitrogens with zero attached hydrogens (tertiary/aromatic N) is 4. The van der Waals surface area contributed by atoms with Gasteiger partial charge in [-0.05, 0) is 66.5 Å². The lowest BCUT2D eigenvalue weighted by molar-refractivity contribution is 0.0505. The zero-order valence-corrected chi connectivity index (χ0v) is 21.7. The fourth-order valence-corrected chi connectivity index (χ4v) is 3.75. The summed E-state index contributed by atoms with van der Waals surface area (Å²) in [5.74, 6) is 1.58. The molecular formula is C26H38N4O5. The van der Waals surface area contributed by atoms with Crippen molar-refractivity contribution >= 4 is 6.09 Å². The largest absolute Gasteiger partial charge is 0.474 e. The third-order valence-corrected chi connectivity index (χ3v) is 5.64. The van der Waals surface area contributed by atoms with Gasteiger partial charge in [0.15, 0.2) is 5.75 Å². The Hall–Kier alpha value is -2.94. The fourth-order valence-electron chi connectivity index (χ4n) is 3.75. The van der Waals surface area contributed by atoms with E-state index in [1.54, 1.807) is 4.90 Å². The van der Waals surface area contributed by atoms with Crippen molar-refractivity contribution < 1.29 is 23.7 Å². The average molecular weight is 487 g/mol. The topological polar surface area (TPSA) is 95.9 Å². The Balaban J connectivity index is 1.56. The second-order valence-corrected chi connectivity index (χ2v) is 9.36. The van der Waals surface area contributed by atoms with E-state index in [1.165, 1.54) is 6.33 Å². The van der Waals surface area contributed by atoms with E-state index in [1.807, 2.05) is 53.7 Å². The molecule has 0 N–H and O–H groups in total. The number of hydrogen-bond donors (Lipinski definition) is 0. The van der Waals surface area contributed by atoms with Crippen molar-refractivity contribution in [1.29, 1.82) is 0 Å². The molecule has 0 atom stereocenters. The van der Waals surface area contributed by atoms with Gasteiger partial charge in [0.25, 0.3) is 0 Å². The maximum Gasteiger partial charge on any atom is 0.410 e. The third kappa shape index (κ3) is 8.06. The molecule has 1 aliphatic heterocycles. The van der Waals surface area contributed by atoms with E-state index in [2.05, 4.69) is 15.0 Å². The molecule has 0 spiro atoms. The van der Waals surface area contributed by atoms with Gasteiger partial charge in [-0.3, -0.25) is 4.98 Å². The van der Waals surface area contributed by atoms with Crippen LogP contribution in [-0.4, -0.2) is 64.0 Å². The number of amides is 1. The fraction of sp³-hybridized carbons (Fsp3) is 0.615. The van der Waals surface area contributed by atoms with Crippen LogP contribution in [0.2, 0.25) is 0 Å². The summed E-state index contributed by atoms with van der Waals surface area (Å²) in [7, 11) is 0.